The highest BCUT2D eigenvalue weighted by Gasteiger charge is 2.45. The van der Waals surface area contributed by atoms with Crippen molar-refractivity contribution in [2.75, 3.05) is 58.4 Å². The molecule has 2 saturated heterocycles. The quantitative estimate of drug-likeness (QED) is 0.457. The summed E-state index contributed by atoms with van der Waals surface area (Å²) in [5.41, 5.74) is 2.08. The number of nitrogens with one attached hydrogen (secondary N) is 2. The van der Waals surface area contributed by atoms with Gasteiger partial charge in [-0.3, -0.25) is 9.52 Å². The predicted octanol–water partition coefficient (Wildman–Crippen LogP) is 3.44. The Morgan fingerprint density at radius 1 is 1.12 bits per heavy atom. The average molecular weight is 578 g/mol. The number of anilines is 4. The molecule has 1 aromatic heterocycles. The zero-order valence-corrected chi connectivity index (χ0v) is 22.9. The lowest BCUT2D eigenvalue weighted by molar-refractivity contribution is -0.0402. The fourth-order valence-electron chi connectivity index (χ4n) is 6.00. The van der Waals surface area contributed by atoms with E-state index >= 15 is 0 Å². The van der Waals surface area contributed by atoms with Gasteiger partial charge in [-0.1, -0.05) is 0 Å². The summed E-state index contributed by atoms with van der Waals surface area (Å²) >= 11 is 0. The van der Waals surface area contributed by atoms with E-state index in [4.69, 9.17) is 9.84 Å². The van der Waals surface area contributed by atoms with E-state index in [1.807, 2.05) is 4.90 Å². The molecule has 1 aliphatic carbocycles. The molecule has 6 rings (SSSR count). The van der Waals surface area contributed by atoms with Crippen molar-refractivity contribution < 1.29 is 31.8 Å². The molecule has 13 heteroatoms. The molecular weight excluding hydrogens is 544 g/mol. The van der Waals surface area contributed by atoms with Crippen LogP contribution in [0.1, 0.15) is 48.9 Å². The van der Waals surface area contributed by atoms with Crippen LogP contribution in [0.15, 0.2) is 30.5 Å². The molecule has 0 bridgehead atoms. The zero-order valence-electron chi connectivity index (χ0n) is 22.0. The standard InChI is InChI=1S/C27H33F2N5O5S/c28-27(29)8-12-34-19(16-27)17-39-23-21(3-9-30-24(23)34)31-25(36)20-2-1-18(32-40(37,38)14-13-35)15-22(20)33-10-6-26(4-5-26)7-11-33/h1-3,9,15,19,32,35H,4-8,10-14,16-17H2,(H,30,31,36). The van der Waals surface area contributed by atoms with Crippen LogP contribution in [0.25, 0.3) is 0 Å². The molecule has 4 aliphatic rings. The molecule has 1 amide bonds. The number of hydrogen-bond acceptors (Lipinski definition) is 8. The number of fused-ring (bicyclic) bond motifs is 3. The first-order valence-electron chi connectivity index (χ1n) is 13.7. The number of hydrogen-bond donors (Lipinski definition) is 3. The number of aliphatic hydroxyl groups is 1. The summed E-state index contributed by atoms with van der Waals surface area (Å²) in [7, 11) is -3.74. The predicted molar refractivity (Wildman–Crippen MR) is 147 cm³/mol. The maximum Gasteiger partial charge on any atom is 0.257 e. The van der Waals surface area contributed by atoms with Gasteiger partial charge < -0.3 is 25.0 Å². The SMILES string of the molecule is O=C(Nc1ccnc2c1OCC1CC(F)(F)CCN21)c1ccc(NS(=O)(=O)CCO)cc1N1CCC2(CC1)CC2. The fraction of sp³-hybridized carbons (Fsp3) is 0.556. The number of ether oxygens (including phenoxy) is 1. The number of aliphatic hydroxyl groups excluding tert-OH is 1. The molecule has 1 spiro atoms. The third-order valence-corrected chi connectivity index (χ3v) is 9.78. The van der Waals surface area contributed by atoms with Gasteiger partial charge in [0.05, 0.1) is 41.0 Å². The van der Waals surface area contributed by atoms with Gasteiger partial charge in [-0.25, -0.2) is 22.2 Å². The summed E-state index contributed by atoms with van der Waals surface area (Å²) in [6.45, 7) is 1.22. The van der Waals surface area contributed by atoms with Crippen LogP contribution in [0.2, 0.25) is 0 Å². The van der Waals surface area contributed by atoms with Gasteiger partial charge >= 0.3 is 0 Å². The number of alkyl halides is 2. The first-order valence-corrected chi connectivity index (χ1v) is 15.3. The smallest absolute Gasteiger partial charge is 0.257 e. The summed E-state index contributed by atoms with van der Waals surface area (Å²) in [5, 5.41) is 12.0. The topological polar surface area (TPSA) is 124 Å². The minimum atomic E-state index is -3.74. The van der Waals surface area contributed by atoms with Crippen LogP contribution >= 0.6 is 0 Å². The van der Waals surface area contributed by atoms with Gasteiger partial charge in [0.1, 0.15) is 6.61 Å². The fourth-order valence-corrected chi connectivity index (χ4v) is 6.83. The van der Waals surface area contributed by atoms with Crippen molar-refractivity contribution in [2.45, 2.75) is 50.5 Å². The van der Waals surface area contributed by atoms with Gasteiger partial charge in [0.15, 0.2) is 11.6 Å². The number of pyridine rings is 1. The van der Waals surface area contributed by atoms with Crippen LogP contribution in [0.3, 0.4) is 0 Å². The number of carbonyl (C=O) groups is 1. The average Bonchev–Trinajstić information content (AvgIpc) is 3.66. The molecule has 3 fully saturated rings. The number of piperidine rings is 2. The van der Waals surface area contributed by atoms with Gasteiger partial charge in [0, 0.05) is 38.7 Å². The normalized spacial score (nSPS) is 22.6. The lowest BCUT2D eigenvalue weighted by Crippen LogP contribution is -2.52. The number of sulfonamides is 1. The van der Waals surface area contributed by atoms with Crippen molar-refractivity contribution in [3.63, 3.8) is 0 Å². The summed E-state index contributed by atoms with van der Waals surface area (Å²) < 4.78 is 60.9. The highest BCUT2D eigenvalue weighted by atomic mass is 32.2. The lowest BCUT2D eigenvalue weighted by Gasteiger charge is -2.43. The summed E-state index contributed by atoms with van der Waals surface area (Å²) in [4.78, 5) is 22.0. The van der Waals surface area contributed by atoms with E-state index in [1.54, 1.807) is 18.2 Å². The van der Waals surface area contributed by atoms with E-state index in [9.17, 15) is 22.0 Å². The van der Waals surface area contributed by atoms with E-state index in [1.165, 1.54) is 25.1 Å². The minimum Gasteiger partial charge on any atom is -0.485 e. The Kier molecular flexibility index (Phi) is 6.76. The summed E-state index contributed by atoms with van der Waals surface area (Å²) in [5.74, 6) is -2.80. The maximum atomic E-state index is 14.0. The van der Waals surface area contributed by atoms with E-state index in [0.717, 1.165) is 25.9 Å². The maximum absolute atomic E-state index is 14.0. The number of carbonyl (C=O) groups excluding carboxylic acids is 1. The molecule has 40 heavy (non-hydrogen) atoms. The van der Waals surface area contributed by atoms with E-state index in [0.29, 0.717) is 39.6 Å². The Hall–Kier alpha value is -3.19. The second-order valence-electron chi connectivity index (χ2n) is 11.3. The van der Waals surface area contributed by atoms with Crippen molar-refractivity contribution in [1.82, 2.24) is 4.98 Å². The molecule has 1 unspecified atom stereocenters. The molecule has 1 atom stereocenters. The van der Waals surface area contributed by atoms with Crippen LogP contribution in [0.4, 0.5) is 31.7 Å². The Labute approximate surface area is 231 Å². The van der Waals surface area contributed by atoms with Gasteiger partial charge in [-0.2, -0.15) is 0 Å². The molecule has 4 heterocycles. The molecular formula is C27H33F2N5O5S. The van der Waals surface area contributed by atoms with Crippen LogP contribution in [-0.4, -0.2) is 75.0 Å². The molecule has 3 aliphatic heterocycles. The highest BCUT2D eigenvalue weighted by Crippen LogP contribution is 2.54. The lowest BCUT2D eigenvalue weighted by atomic mass is 9.93. The molecule has 3 N–H and O–H groups in total. The monoisotopic (exact) mass is 577 g/mol. The largest absolute Gasteiger partial charge is 0.485 e. The van der Waals surface area contributed by atoms with Gasteiger partial charge in [-0.05, 0) is 55.4 Å². The van der Waals surface area contributed by atoms with Crippen molar-refractivity contribution in [1.29, 1.82) is 0 Å². The zero-order chi connectivity index (χ0) is 28.1. The number of aromatic nitrogens is 1. The van der Waals surface area contributed by atoms with Crippen molar-refractivity contribution in [3.05, 3.63) is 36.0 Å². The van der Waals surface area contributed by atoms with Crippen LogP contribution in [0, 0.1) is 5.41 Å². The molecule has 10 nitrogen and oxygen atoms in total. The minimum absolute atomic E-state index is 0.0701. The summed E-state index contributed by atoms with van der Waals surface area (Å²) in [6, 6.07) is 5.89. The second-order valence-corrected chi connectivity index (χ2v) is 13.1. The van der Waals surface area contributed by atoms with Crippen LogP contribution in [0.5, 0.6) is 5.75 Å². The molecule has 216 valence electrons. The Balaban J connectivity index is 1.27. The van der Waals surface area contributed by atoms with Crippen molar-refractivity contribution in [3.8, 4) is 5.75 Å². The van der Waals surface area contributed by atoms with Crippen LogP contribution in [-0.2, 0) is 10.0 Å². The Morgan fingerprint density at radius 2 is 1.90 bits per heavy atom. The number of halogens is 2. The van der Waals surface area contributed by atoms with Gasteiger partial charge in [-0.15, -0.1) is 0 Å². The molecule has 1 aromatic carbocycles. The van der Waals surface area contributed by atoms with Crippen molar-refractivity contribution >= 4 is 38.8 Å². The van der Waals surface area contributed by atoms with E-state index in [-0.39, 0.29) is 26.0 Å². The van der Waals surface area contributed by atoms with E-state index in [2.05, 4.69) is 19.9 Å². The third kappa shape index (κ3) is 5.40. The third-order valence-electron chi connectivity index (χ3n) is 8.52. The van der Waals surface area contributed by atoms with Crippen LogP contribution < -0.4 is 24.6 Å². The van der Waals surface area contributed by atoms with E-state index < -0.39 is 40.3 Å². The molecule has 0 radical (unpaired) electrons. The Bertz CT molecular complexity index is 1410. The first-order chi connectivity index (χ1) is 19.1. The number of rotatable bonds is 7. The Morgan fingerprint density at radius 3 is 2.62 bits per heavy atom. The molecule has 1 saturated carbocycles. The van der Waals surface area contributed by atoms with Crippen molar-refractivity contribution in [2.24, 2.45) is 5.41 Å². The number of benzene rings is 1. The molecule has 2 aromatic rings. The number of amides is 1. The van der Waals surface area contributed by atoms with Gasteiger partial charge in [0.2, 0.25) is 10.0 Å². The van der Waals surface area contributed by atoms with Gasteiger partial charge in [0.25, 0.3) is 11.8 Å². The highest BCUT2D eigenvalue weighted by molar-refractivity contribution is 7.92. The second kappa shape index (κ2) is 10.0. The number of nitrogens with zero attached hydrogens (tertiary/aromatic N) is 3. The summed E-state index contributed by atoms with van der Waals surface area (Å²) in [6.07, 6.45) is 5.41. The first kappa shape index (κ1) is 27.0.